The number of aromatic amines is 1. The Labute approximate surface area is 119 Å². The zero-order chi connectivity index (χ0) is 13.2. The molecule has 19 heavy (non-hydrogen) atoms. The van der Waals surface area contributed by atoms with E-state index in [1.54, 1.807) is 24.2 Å². The molecule has 3 heterocycles. The quantitative estimate of drug-likeness (QED) is 0.744. The van der Waals surface area contributed by atoms with Gasteiger partial charge in [0, 0.05) is 23.8 Å². The molecule has 0 saturated heterocycles. The van der Waals surface area contributed by atoms with E-state index in [2.05, 4.69) is 32.9 Å². The molecule has 0 bridgehead atoms. The second-order valence-electron chi connectivity index (χ2n) is 4.11. The van der Waals surface area contributed by atoms with Crippen LogP contribution in [0.15, 0.2) is 41.9 Å². The molecule has 1 N–H and O–H groups in total. The van der Waals surface area contributed by atoms with Crippen LogP contribution in [0.3, 0.4) is 0 Å². The maximum absolute atomic E-state index is 5.90. The van der Waals surface area contributed by atoms with Gasteiger partial charge >= 0.3 is 0 Å². The molecule has 0 aliphatic heterocycles. The number of hydrogen-bond acceptors (Lipinski definition) is 4. The molecular weight excluding hydrogens is 280 g/mol. The van der Waals surface area contributed by atoms with Crippen molar-refractivity contribution in [1.82, 2.24) is 19.9 Å². The van der Waals surface area contributed by atoms with Crippen molar-refractivity contribution >= 4 is 34.5 Å². The highest BCUT2D eigenvalue weighted by Crippen LogP contribution is 2.33. The van der Waals surface area contributed by atoms with Crippen molar-refractivity contribution in [3.8, 4) is 0 Å². The van der Waals surface area contributed by atoms with Crippen molar-refractivity contribution in [1.29, 1.82) is 0 Å². The fourth-order valence-corrected chi connectivity index (χ4v) is 2.84. The minimum Gasteiger partial charge on any atom is -0.331 e. The van der Waals surface area contributed by atoms with Gasteiger partial charge in [-0.05, 0) is 24.6 Å². The molecule has 0 aliphatic carbocycles. The van der Waals surface area contributed by atoms with Gasteiger partial charge in [0.15, 0.2) is 10.8 Å². The molecule has 4 nitrogen and oxygen atoms in total. The third-order valence-corrected chi connectivity index (χ3v) is 3.97. The smallest absolute Gasteiger partial charge is 0.178 e. The van der Waals surface area contributed by atoms with Crippen LogP contribution < -0.4 is 0 Å². The van der Waals surface area contributed by atoms with Crippen molar-refractivity contribution in [3.63, 3.8) is 0 Å². The van der Waals surface area contributed by atoms with Gasteiger partial charge in [-0.15, -0.1) is 0 Å². The number of imidazole rings is 1. The van der Waals surface area contributed by atoms with E-state index >= 15 is 0 Å². The molecular formula is C13H11ClN4S. The molecule has 0 fully saturated rings. The maximum atomic E-state index is 5.90. The van der Waals surface area contributed by atoms with Gasteiger partial charge in [0.2, 0.25) is 0 Å². The first-order valence-electron chi connectivity index (χ1n) is 5.80. The van der Waals surface area contributed by atoms with Crippen LogP contribution in [0, 0.1) is 0 Å². The maximum Gasteiger partial charge on any atom is 0.178 e. The Hall–Kier alpha value is -1.59. The van der Waals surface area contributed by atoms with Crippen LogP contribution in [0.2, 0.25) is 5.02 Å². The second kappa shape index (κ2) is 5.19. The van der Waals surface area contributed by atoms with Crippen molar-refractivity contribution in [3.05, 3.63) is 47.4 Å². The van der Waals surface area contributed by atoms with Gasteiger partial charge in [-0.25, -0.2) is 9.97 Å². The van der Waals surface area contributed by atoms with Crippen LogP contribution in [0.5, 0.6) is 0 Å². The van der Waals surface area contributed by atoms with Gasteiger partial charge in [0.1, 0.15) is 0 Å². The number of nitrogens with one attached hydrogen (secondary N) is 1. The summed E-state index contributed by atoms with van der Waals surface area (Å²) in [5.41, 5.74) is 2.71. The first-order valence-corrected chi connectivity index (χ1v) is 7.06. The third kappa shape index (κ3) is 2.72. The highest BCUT2D eigenvalue weighted by molar-refractivity contribution is 7.99. The van der Waals surface area contributed by atoms with E-state index in [1.807, 2.05) is 18.3 Å². The summed E-state index contributed by atoms with van der Waals surface area (Å²) in [5, 5.41) is 1.71. The lowest BCUT2D eigenvalue weighted by atomic mass is 10.2. The molecule has 3 aromatic heterocycles. The predicted molar refractivity (Wildman–Crippen MR) is 77.4 cm³/mol. The molecule has 3 rings (SSSR count). The molecule has 96 valence electrons. The van der Waals surface area contributed by atoms with E-state index in [0.717, 1.165) is 10.7 Å². The summed E-state index contributed by atoms with van der Waals surface area (Å²) in [7, 11) is 0. The van der Waals surface area contributed by atoms with E-state index < -0.39 is 0 Å². The topological polar surface area (TPSA) is 54.5 Å². The third-order valence-electron chi connectivity index (χ3n) is 2.72. The SMILES string of the molecule is C[C@H](Sc1nc2ncc(Cl)cc2[nH]1)c1cccnc1. The van der Waals surface area contributed by atoms with Crippen molar-refractivity contribution in [2.45, 2.75) is 17.3 Å². The molecule has 0 aliphatic rings. The monoisotopic (exact) mass is 290 g/mol. The Morgan fingerprint density at radius 2 is 2.26 bits per heavy atom. The lowest BCUT2D eigenvalue weighted by Gasteiger charge is -2.08. The standard InChI is InChI=1S/C13H11ClN4S/c1-8(9-3-2-4-15-6-9)19-13-17-11-5-10(14)7-16-12(11)18-13/h2-8H,1H3,(H,16,17,18)/t8-/m0/s1. The minimum absolute atomic E-state index is 0.268. The Morgan fingerprint density at radius 1 is 1.37 bits per heavy atom. The summed E-state index contributed by atoms with van der Waals surface area (Å²) >= 11 is 7.54. The van der Waals surface area contributed by atoms with Gasteiger partial charge < -0.3 is 4.98 Å². The number of pyridine rings is 2. The Kier molecular flexibility index (Phi) is 3.40. The lowest BCUT2D eigenvalue weighted by molar-refractivity contribution is 1.02. The molecule has 0 spiro atoms. The van der Waals surface area contributed by atoms with Gasteiger partial charge in [0.25, 0.3) is 0 Å². The van der Waals surface area contributed by atoms with E-state index in [1.165, 1.54) is 5.56 Å². The molecule has 0 unspecified atom stereocenters. The average molecular weight is 291 g/mol. The Balaban J connectivity index is 1.85. The number of fused-ring (bicyclic) bond motifs is 1. The number of thioether (sulfide) groups is 1. The lowest BCUT2D eigenvalue weighted by Crippen LogP contribution is -1.89. The number of nitrogens with zero attached hydrogens (tertiary/aromatic N) is 3. The number of H-pyrrole nitrogens is 1. The summed E-state index contributed by atoms with van der Waals surface area (Å²) in [5.74, 6) is 0. The fourth-order valence-electron chi connectivity index (χ4n) is 1.76. The van der Waals surface area contributed by atoms with Gasteiger partial charge in [0.05, 0.1) is 10.5 Å². The first kappa shape index (κ1) is 12.4. The second-order valence-corrected chi connectivity index (χ2v) is 5.88. The van der Waals surface area contributed by atoms with Gasteiger partial charge in [-0.3, -0.25) is 4.98 Å². The highest BCUT2D eigenvalue weighted by Gasteiger charge is 2.11. The van der Waals surface area contributed by atoms with Crippen molar-refractivity contribution in [2.24, 2.45) is 0 Å². The van der Waals surface area contributed by atoms with Crippen LogP contribution >= 0.6 is 23.4 Å². The van der Waals surface area contributed by atoms with E-state index in [9.17, 15) is 0 Å². The number of aromatic nitrogens is 4. The fraction of sp³-hybridized carbons (Fsp3) is 0.154. The molecule has 0 radical (unpaired) electrons. The zero-order valence-electron chi connectivity index (χ0n) is 10.2. The number of rotatable bonds is 3. The highest BCUT2D eigenvalue weighted by atomic mass is 35.5. The zero-order valence-corrected chi connectivity index (χ0v) is 11.7. The van der Waals surface area contributed by atoms with Crippen molar-refractivity contribution < 1.29 is 0 Å². The molecule has 0 saturated carbocycles. The van der Waals surface area contributed by atoms with Crippen LogP contribution in [-0.2, 0) is 0 Å². The molecule has 1 atom stereocenters. The predicted octanol–water partition coefficient (Wildman–Crippen LogP) is 3.86. The molecule has 6 heteroatoms. The van der Waals surface area contributed by atoms with Crippen LogP contribution in [0.4, 0.5) is 0 Å². The summed E-state index contributed by atoms with van der Waals surface area (Å²) < 4.78 is 0. The van der Waals surface area contributed by atoms with Crippen LogP contribution in [-0.4, -0.2) is 19.9 Å². The van der Waals surface area contributed by atoms with Crippen molar-refractivity contribution in [2.75, 3.05) is 0 Å². The van der Waals surface area contributed by atoms with Gasteiger partial charge in [-0.1, -0.05) is 29.4 Å². The minimum atomic E-state index is 0.268. The number of halogens is 1. The summed E-state index contributed by atoms with van der Waals surface area (Å²) in [6, 6.07) is 5.82. The molecule has 0 aromatic carbocycles. The first-order chi connectivity index (χ1) is 9.22. The van der Waals surface area contributed by atoms with E-state index in [-0.39, 0.29) is 5.25 Å². The molecule has 0 amide bonds. The molecule has 3 aromatic rings. The summed E-state index contributed by atoms with van der Waals surface area (Å²) in [6.45, 7) is 2.12. The van der Waals surface area contributed by atoms with Gasteiger partial charge in [-0.2, -0.15) is 0 Å². The Bertz CT molecular complexity index is 698. The van der Waals surface area contributed by atoms with Crippen LogP contribution in [0.1, 0.15) is 17.7 Å². The summed E-state index contributed by atoms with van der Waals surface area (Å²) in [4.78, 5) is 16.0. The Morgan fingerprint density at radius 3 is 3.05 bits per heavy atom. The van der Waals surface area contributed by atoms with Crippen LogP contribution in [0.25, 0.3) is 11.2 Å². The average Bonchev–Trinajstić information content (AvgIpc) is 2.81. The largest absolute Gasteiger partial charge is 0.331 e. The summed E-state index contributed by atoms with van der Waals surface area (Å²) in [6.07, 6.45) is 5.24. The van der Waals surface area contributed by atoms with E-state index in [4.69, 9.17) is 11.6 Å². The normalized spacial score (nSPS) is 12.7. The number of hydrogen-bond donors (Lipinski definition) is 1. The van der Waals surface area contributed by atoms with E-state index in [0.29, 0.717) is 10.7 Å².